The Labute approximate surface area is 168 Å². The normalized spacial score (nSPS) is 45.2. The quantitative estimate of drug-likeness (QED) is 0.505. The monoisotopic (exact) mass is 386 g/mol. The largest absolute Gasteiger partial charge is 0.451 e. The minimum absolute atomic E-state index is 0.00406. The molecule has 3 saturated carbocycles. The van der Waals surface area contributed by atoms with Gasteiger partial charge >= 0.3 is 5.97 Å². The van der Waals surface area contributed by atoms with Crippen LogP contribution in [0.1, 0.15) is 86.0 Å². The summed E-state index contributed by atoms with van der Waals surface area (Å²) in [5.74, 6) is 1.51. The number of Topliss-reactive ketones (excluding diaryl/α,β-unsaturated/α-hetero) is 2. The Morgan fingerprint density at radius 1 is 1.04 bits per heavy atom. The van der Waals surface area contributed by atoms with Crippen LogP contribution in [-0.2, 0) is 19.1 Å². The summed E-state index contributed by atoms with van der Waals surface area (Å²) in [6.45, 7) is 9.82. The molecular formula is C24H34O4. The number of hydrogen-bond donors (Lipinski definition) is 0. The van der Waals surface area contributed by atoms with Gasteiger partial charge in [-0.1, -0.05) is 25.0 Å². The summed E-state index contributed by atoms with van der Waals surface area (Å²) < 4.78 is 5.84. The lowest BCUT2D eigenvalue weighted by Crippen LogP contribution is -2.58. The first kappa shape index (κ1) is 19.8. The number of ketones is 2. The average molecular weight is 387 g/mol. The zero-order valence-electron chi connectivity index (χ0n) is 18.0. The van der Waals surface area contributed by atoms with Crippen molar-refractivity contribution in [2.75, 3.05) is 0 Å². The van der Waals surface area contributed by atoms with Gasteiger partial charge in [0, 0.05) is 25.2 Å². The highest BCUT2D eigenvalue weighted by atomic mass is 16.6. The summed E-state index contributed by atoms with van der Waals surface area (Å²) in [6, 6.07) is 0. The van der Waals surface area contributed by atoms with Crippen molar-refractivity contribution in [1.29, 1.82) is 0 Å². The molecule has 0 aliphatic heterocycles. The van der Waals surface area contributed by atoms with Crippen LogP contribution in [0.4, 0.5) is 0 Å². The molecule has 6 atom stereocenters. The predicted octanol–water partition coefficient (Wildman–Crippen LogP) is 4.80. The van der Waals surface area contributed by atoms with Crippen LogP contribution in [0.2, 0.25) is 0 Å². The Kier molecular flexibility index (Phi) is 4.45. The van der Waals surface area contributed by atoms with Crippen molar-refractivity contribution in [2.24, 2.45) is 28.6 Å². The minimum Gasteiger partial charge on any atom is -0.451 e. The zero-order valence-corrected chi connectivity index (χ0v) is 18.0. The van der Waals surface area contributed by atoms with Gasteiger partial charge in [-0.2, -0.15) is 0 Å². The fourth-order valence-electron chi connectivity index (χ4n) is 7.99. The van der Waals surface area contributed by atoms with E-state index >= 15 is 0 Å². The zero-order chi connectivity index (χ0) is 20.5. The lowest BCUT2D eigenvalue weighted by molar-refractivity contribution is -0.186. The van der Waals surface area contributed by atoms with E-state index in [0.29, 0.717) is 42.8 Å². The molecule has 3 fully saturated rings. The van der Waals surface area contributed by atoms with E-state index in [9.17, 15) is 14.4 Å². The number of carbonyl (C=O) groups excluding carboxylic acids is 3. The predicted molar refractivity (Wildman–Crippen MR) is 107 cm³/mol. The van der Waals surface area contributed by atoms with Gasteiger partial charge in [0.25, 0.3) is 0 Å². The van der Waals surface area contributed by atoms with Gasteiger partial charge in [-0.05, 0) is 75.5 Å². The van der Waals surface area contributed by atoms with Crippen LogP contribution in [0.5, 0.6) is 0 Å². The Morgan fingerprint density at radius 3 is 2.36 bits per heavy atom. The number of rotatable bonds is 2. The summed E-state index contributed by atoms with van der Waals surface area (Å²) in [4.78, 5) is 36.8. The fourth-order valence-corrected chi connectivity index (χ4v) is 7.99. The second-order valence-corrected chi connectivity index (χ2v) is 10.4. The molecule has 0 aromatic heterocycles. The first-order chi connectivity index (χ1) is 13.0. The van der Waals surface area contributed by atoms with E-state index in [1.165, 1.54) is 18.1 Å². The van der Waals surface area contributed by atoms with Gasteiger partial charge in [-0.3, -0.25) is 14.4 Å². The summed E-state index contributed by atoms with van der Waals surface area (Å²) in [6.07, 6.45) is 6.89. The van der Waals surface area contributed by atoms with Crippen LogP contribution in [0.3, 0.4) is 0 Å². The highest BCUT2D eigenvalue weighted by Gasteiger charge is 2.67. The molecule has 4 heteroatoms. The minimum atomic E-state index is -0.962. The van der Waals surface area contributed by atoms with Crippen molar-refractivity contribution in [2.45, 2.75) is 91.6 Å². The molecule has 0 N–H and O–H groups in total. The molecule has 28 heavy (non-hydrogen) atoms. The van der Waals surface area contributed by atoms with Crippen molar-refractivity contribution in [3.8, 4) is 0 Å². The molecular weight excluding hydrogens is 352 g/mol. The van der Waals surface area contributed by atoms with Crippen molar-refractivity contribution < 1.29 is 19.1 Å². The maximum atomic E-state index is 12.8. The molecule has 0 aromatic rings. The molecule has 0 unspecified atom stereocenters. The average Bonchev–Trinajstić information content (AvgIpc) is 2.90. The third-order valence-electron chi connectivity index (χ3n) is 9.31. The van der Waals surface area contributed by atoms with Gasteiger partial charge < -0.3 is 4.74 Å². The second-order valence-electron chi connectivity index (χ2n) is 10.4. The van der Waals surface area contributed by atoms with Crippen LogP contribution >= 0.6 is 0 Å². The lowest BCUT2D eigenvalue weighted by Gasteiger charge is -2.59. The van der Waals surface area contributed by atoms with Gasteiger partial charge in [0.15, 0.2) is 11.4 Å². The van der Waals surface area contributed by atoms with Crippen LogP contribution in [0.15, 0.2) is 11.1 Å². The van der Waals surface area contributed by atoms with Gasteiger partial charge in [0.1, 0.15) is 5.78 Å². The third kappa shape index (κ3) is 2.45. The summed E-state index contributed by atoms with van der Waals surface area (Å²) in [5, 5.41) is 0. The van der Waals surface area contributed by atoms with E-state index in [-0.39, 0.29) is 22.6 Å². The maximum absolute atomic E-state index is 12.8. The molecule has 0 bridgehead atoms. The Balaban J connectivity index is 1.74. The van der Waals surface area contributed by atoms with Crippen LogP contribution in [0.25, 0.3) is 0 Å². The molecule has 0 spiro atoms. The molecule has 0 aromatic carbocycles. The summed E-state index contributed by atoms with van der Waals surface area (Å²) in [7, 11) is 0. The number of esters is 1. The number of carbonyl (C=O) groups is 3. The topological polar surface area (TPSA) is 60.4 Å². The van der Waals surface area contributed by atoms with E-state index in [4.69, 9.17) is 4.74 Å². The van der Waals surface area contributed by atoms with E-state index < -0.39 is 5.60 Å². The highest BCUT2D eigenvalue weighted by Crippen LogP contribution is 2.68. The first-order valence-electron chi connectivity index (χ1n) is 11.0. The van der Waals surface area contributed by atoms with Crippen molar-refractivity contribution in [3.05, 3.63) is 11.1 Å². The van der Waals surface area contributed by atoms with Crippen LogP contribution < -0.4 is 0 Å². The molecule has 0 radical (unpaired) electrons. The Morgan fingerprint density at radius 2 is 1.71 bits per heavy atom. The molecule has 154 valence electrons. The Bertz CT molecular complexity index is 779. The molecule has 0 saturated heterocycles. The fraction of sp³-hybridized carbons (Fsp3) is 0.792. The van der Waals surface area contributed by atoms with Gasteiger partial charge in [-0.25, -0.2) is 0 Å². The van der Waals surface area contributed by atoms with E-state index in [1.54, 1.807) is 6.92 Å². The van der Waals surface area contributed by atoms with Gasteiger partial charge in [0.2, 0.25) is 0 Å². The molecule has 0 amide bonds. The number of ether oxygens (including phenoxy) is 1. The third-order valence-corrected chi connectivity index (χ3v) is 9.31. The van der Waals surface area contributed by atoms with Crippen molar-refractivity contribution in [3.63, 3.8) is 0 Å². The van der Waals surface area contributed by atoms with Gasteiger partial charge in [-0.15, -0.1) is 0 Å². The molecule has 4 nitrogen and oxygen atoms in total. The summed E-state index contributed by atoms with van der Waals surface area (Å²) in [5.41, 5.74) is 1.67. The van der Waals surface area contributed by atoms with Gasteiger partial charge in [0.05, 0.1) is 0 Å². The number of fused-ring (bicyclic) bond motifs is 5. The maximum Gasteiger partial charge on any atom is 0.303 e. The lowest BCUT2D eigenvalue weighted by atomic mass is 9.46. The molecule has 0 heterocycles. The smallest absolute Gasteiger partial charge is 0.303 e. The van der Waals surface area contributed by atoms with E-state index in [0.717, 1.165) is 32.1 Å². The SMILES string of the molecule is CC(=O)O[C@]1(C(C)=O)CC[C@H]2[C@@H]3CC(C)=C4CC(=O)CC[C@]4(C)[C@H]3CC[C@@]21C. The number of allylic oxidation sites excluding steroid dienone is 2. The van der Waals surface area contributed by atoms with Crippen molar-refractivity contribution in [1.82, 2.24) is 0 Å². The van der Waals surface area contributed by atoms with Crippen molar-refractivity contribution >= 4 is 17.5 Å². The van der Waals surface area contributed by atoms with E-state index in [1.807, 2.05) is 0 Å². The molecule has 4 rings (SSSR count). The van der Waals surface area contributed by atoms with Crippen LogP contribution in [0, 0.1) is 28.6 Å². The molecule has 4 aliphatic carbocycles. The Hall–Kier alpha value is -1.45. The first-order valence-corrected chi connectivity index (χ1v) is 11.0. The standard InChI is InChI=1S/C24H34O4/c1-14-12-18-19(22(4)9-6-17(27)13-21(14)22)7-10-23(5)20(18)8-11-24(23,15(2)25)28-16(3)26/h18-20H,6-13H2,1-5H3/t18-,19+,20+,22-,23+,24+/m1/s1. The van der Waals surface area contributed by atoms with Crippen LogP contribution in [-0.4, -0.2) is 23.1 Å². The summed E-state index contributed by atoms with van der Waals surface area (Å²) >= 11 is 0. The highest BCUT2D eigenvalue weighted by molar-refractivity contribution is 5.89. The van der Waals surface area contributed by atoms with E-state index in [2.05, 4.69) is 20.8 Å². The second kappa shape index (κ2) is 6.27. The molecule has 4 aliphatic rings. The number of hydrogen-bond acceptors (Lipinski definition) is 4.